The highest BCUT2D eigenvalue weighted by Crippen LogP contribution is 2.20. The molecule has 7 nitrogen and oxygen atoms in total. The maximum Gasteiger partial charge on any atom is 0.276 e. The fourth-order valence-corrected chi connectivity index (χ4v) is 2.06. The molecule has 2 atom stereocenters. The van der Waals surface area contributed by atoms with E-state index in [0.717, 1.165) is 6.20 Å². The smallest absolute Gasteiger partial charge is 0.276 e. The number of carbonyl (C=O) groups excluding carboxylic acids is 1. The average Bonchev–Trinajstić information content (AvgIpc) is 3.00. The van der Waals surface area contributed by atoms with E-state index in [9.17, 15) is 14.3 Å². The summed E-state index contributed by atoms with van der Waals surface area (Å²) in [5.41, 5.74) is 0.157. The molecule has 0 saturated carbocycles. The fourth-order valence-electron chi connectivity index (χ4n) is 2.06. The summed E-state index contributed by atoms with van der Waals surface area (Å²) in [4.78, 5) is 21.4. The molecule has 0 unspecified atom stereocenters. The molecule has 1 N–H and O–H groups in total. The van der Waals surface area contributed by atoms with E-state index in [2.05, 4.69) is 9.97 Å². The van der Waals surface area contributed by atoms with Crippen molar-refractivity contribution in [1.82, 2.24) is 14.9 Å². The molecule has 116 valence electrons. The second-order valence-electron chi connectivity index (χ2n) is 5.00. The molecule has 3 rings (SSSR count). The van der Waals surface area contributed by atoms with Gasteiger partial charge in [-0.25, -0.2) is 14.4 Å². The Morgan fingerprint density at radius 3 is 3.05 bits per heavy atom. The standard InChI is InChI=1S/C14H14FN3O4/c1-8-11(19)5-18(8)14(20)10-6-21-13(17-10)7-22-12-3-2-9(15)4-16-12/h2-4,6,8,11,19H,5,7H2,1H3/t8-,11-/m0/s1. The van der Waals surface area contributed by atoms with Crippen LogP contribution in [0.5, 0.6) is 5.88 Å². The molecule has 8 heteroatoms. The van der Waals surface area contributed by atoms with E-state index in [-0.39, 0.29) is 42.6 Å². The van der Waals surface area contributed by atoms with Crippen LogP contribution in [0, 0.1) is 5.82 Å². The first-order chi connectivity index (χ1) is 10.5. The molecular formula is C14H14FN3O4. The number of ether oxygens (including phenoxy) is 1. The molecular weight excluding hydrogens is 293 g/mol. The molecule has 1 amide bonds. The summed E-state index contributed by atoms with van der Waals surface area (Å²) in [6, 6.07) is 2.38. The third kappa shape index (κ3) is 2.77. The van der Waals surface area contributed by atoms with Gasteiger partial charge in [-0.15, -0.1) is 0 Å². The number of β-amino-alcohol motifs (C(OH)–C–C–N with tert-alkyl or cyclic N) is 1. The predicted molar refractivity (Wildman–Crippen MR) is 71.5 cm³/mol. The number of carbonyl (C=O) groups is 1. The van der Waals surface area contributed by atoms with Crippen molar-refractivity contribution >= 4 is 5.91 Å². The number of oxazole rings is 1. The molecule has 0 bridgehead atoms. The highest BCUT2D eigenvalue weighted by molar-refractivity contribution is 5.92. The van der Waals surface area contributed by atoms with Gasteiger partial charge in [-0.3, -0.25) is 4.79 Å². The Balaban J connectivity index is 1.59. The monoisotopic (exact) mass is 307 g/mol. The zero-order chi connectivity index (χ0) is 15.7. The molecule has 0 spiro atoms. The van der Waals surface area contributed by atoms with Gasteiger partial charge in [0, 0.05) is 12.6 Å². The number of nitrogens with zero attached hydrogens (tertiary/aromatic N) is 3. The van der Waals surface area contributed by atoms with Crippen molar-refractivity contribution in [3.05, 3.63) is 42.0 Å². The van der Waals surface area contributed by atoms with Crippen molar-refractivity contribution < 1.29 is 23.4 Å². The molecule has 2 aromatic heterocycles. The van der Waals surface area contributed by atoms with Crippen molar-refractivity contribution in [2.45, 2.75) is 25.7 Å². The third-order valence-corrected chi connectivity index (χ3v) is 3.51. The van der Waals surface area contributed by atoms with E-state index in [1.807, 2.05) is 0 Å². The second-order valence-corrected chi connectivity index (χ2v) is 5.00. The third-order valence-electron chi connectivity index (χ3n) is 3.51. The minimum Gasteiger partial charge on any atom is -0.468 e. The maximum absolute atomic E-state index is 12.7. The van der Waals surface area contributed by atoms with Crippen LogP contribution in [0.4, 0.5) is 4.39 Å². The van der Waals surface area contributed by atoms with Gasteiger partial charge in [-0.2, -0.15) is 0 Å². The van der Waals surface area contributed by atoms with Gasteiger partial charge in [0.15, 0.2) is 12.3 Å². The summed E-state index contributed by atoms with van der Waals surface area (Å²) in [5, 5.41) is 9.43. The Bertz CT molecular complexity index is 673. The van der Waals surface area contributed by atoms with Crippen LogP contribution in [0.2, 0.25) is 0 Å². The summed E-state index contributed by atoms with van der Waals surface area (Å²) < 4.78 is 23.2. The minimum absolute atomic E-state index is 0.0237. The summed E-state index contributed by atoms with van der Waals surface area (Å²) in [6.07, 6.45) is 1.79. The fraction of sp³-hybridized carbons (Fsp3) is 0.357. The zero-order valence-corrected chi connectivity index (χ0v) is 11.8. The van der Waals surface area contributed by atoms with E-state index in [1.165, 1.54) is 23.3 Å². The number of likely N-dealkylation sites (tertiary alicyclic amines) is 1. The number of rotatable bonds is 4. The highest BCUT2D eigenvalue weighted by Gasteiger charge is 2.38. The van der Waals surface area contributed by atoms with Crippen molar-refractivity contribution in [3.8, 4) is 5.88 Å². The van der Waals surface area contributed by atoms with E-state index < -0.39 is 11.9 Å². The molecule has 1 aliphatic rings. The van der Waals surface area contributed by atoms with E-state index >= 15 is 0 Å². The maximum atomic E-state index is 12.7. The first-order valence-corrected chi connectivity index (χ1v) is 6.72. The van der Waals surface area contributed by atoms with Crippen LogP contribution in [-0.2, 0) is 6.61 Å². The number of aromatic nitrogens is 2. The Hall–Kier alpha value is -2.48. The second kappa shape index (κ2) is 5.72. The van der Waals surface area contributed by atoms with Crippen LogP contribution in [0.15, 0.2) is 29.0 Å². The lowest BCUT2D eigenvalue weighted by Gasteiger charge is -2.42. The van der Waals surface area contributed by atoms with Crippen LogP contribution in [-0.4, -0.2) is 44.6 Å². The average molecular weight is 307 g/mol. The Morgan fingerprint density at radius 2 is 2.41 bits per heavy atom. The predicted octanol–water partition coefficient (Wildman–Crippen LogP) is 0.993. The first kappa shape index (κ1) is 14.5. The Morgan fingerprint density at radius 1 is 1.59 bits per heavy atom. The molecule has 0 aliphatic carbocycles. The number of aliphatic hydroxyl groups is 1. The molecule has 0 aromatic carbocycles. The molecule has 0 radical (unpaired) electrons. The van der Waals surface area contributed by atoms with Gasteiger partial charge in [-0.05, 0) is 13.0 Å². The lowest BCUT2D eigenvalue weighted by molar-refractivity contribution is -0.0360. The van der Waals surface area contributed by atoms with Gasteiger partial charge in [0.05, 0.1) is 18.3 Å². The number of aliphatic hydroxyl groups excluding tert-OH is 1. The van der Waals surface area contributed by atoms with Gasteiger partial charge in [0.25, 0.3) is 5.91 Å². The van der Waals surface area contributed by atoms with Crippen LogP contribution in [0.1, 0.15) is 23.3 Å². The van der Waals surface area contributed by atoms with Gasteiger partial charge in [0.2, 0.25) is 11.8 Å². The lowest BCUT2D eigenvalue weighted by Crippen LogP contribution is -2.60. The number of hydrogen-bond acceptors (Lipinski definition) is 6. The normalized spacial score (nSPS) is 20.6. The molecule has 1 aliphatic heterocycles. The summed E-state index contributed by atoms with van der Waals surface area (Å²) >= 11 is 0. The Labute approximate surface area is 125 Å². The van der Waals surface area contributed by atoms with Crippen molar-refractivity contribution in [3.63, 3.8) is 0 Å². The number of halogens is 1. The summed E-state index contributed by atoms with van der Waals surface area (Å²) in [6.45, 7) is 2.03. The van der Waals surface area contributed by atoms with Crippen molar-refractivity contribution in [2.24, 2.45) is 0 Å². The molecule has 2 aromatic rings. The molecule has 1 fully saturated rings. The van der Waals surface area contributed by atoms with Crippen LogP contribution < -0.4 is 4.74 Å². The van der Waals surface area contributed by atoms with Crippen LogP contribution in [0.3, 0.4) is 0 Å². The first-order valence-electron chi connectivity index (χ1n) is 6.72. The van der Waals surface area contributed by atoms with Gasteiger partial charge < -0.3 is 19.2 Å². The number of amides is 1. The minimum atomic E-state index is -0.497. The molecule has 3 heterocycles. The van der Waals surface area contributed by atoms with E-state index in [0.29, 0.717) is 0 Å². The highest BCUT2D eigenvalue weighted by atomic mass is 19.1. The topological polar surface area (TPSA) is 88.7 Å². The SMILES string of the molecule is C[C@H]1[C@@H](O)CN1C(=O)c1coc(COc2ccc(F)cn2)n1. The number of hydrogen-bond donors (Lipinski definition) is 1. The van der Waals surface area contributed by atoms with Gasteiger partial charge >= 0.3 is 0 Å². The van der Waals surface area contributed by atoms with Crippen LogP contribution in [0.25, 0.3) is 0 Å². The number of pyridine rings is 1. The largest absolute Gasteiger partial charge is 0.468 e. The van der Waals surface area contributed by atoms with E-state index in [1.54, 1.807) is 6.92 Å². The molecule has 1 saturated heterocycles. The summed E-state index contributed by atoms with van der Waals surface area (Å²) in [5.74, 6) is -0.315. The molecule has 22 heavy (non-hydrogen) atoms. The van der Waals surface area contributed by atoms with Crippen molar-refractivity contribution in [1.29, 1.82) is 0 Å². The lowest BCUT2D eigenvalue weighted by atomic mass is 10.0. The van der Waals surface area contributed by atoms with Gasteiger partial charge in [-0.1, -0.05) is 0 Å². The summed E-state index contributed by atoms with van der Waals surface area (Å²) in [7, 11) is 0. The quantitative estimate of drug-likeness (QED) is 0.906. The van der Waals surface area contributed by atoms with Crippen LogP contribution >= 0.6 is 0 Å². The zero-order valence-electron chi connectivity index (χ0n) is 11.8. The van der Waals surface area contributed by atoms with E-state index in [4.69, 9.17) is 9.15 Å². The van der Waals surface area contributed by atoms with Crippen molar-refractivity contribution in [2.75, 3.05) is 6.54 Å². The Kier molecular flexibility index (Phi) is 3.76. The van der Waals surface area contributed by atoms with Gasteiger partial charge in [0.1, 0.15) is 12.1 Å².